The molecule has 0 atom stereocenters. The van der Waals surface area contributed by atoms with E-state index in [9.17, 15) is 8.78 Å². The van der Waals surface area contributed by atoms with Crippen LogP contribution in [-0.4, -0.2) is 6.29 Å². The number of rotatable bonds is 3. The second-order valence-corrected chi connectivity index (χ2v) is 2.94. The molecule has 1 aliphatic heterocycles. The number of allylic oxidation sites excluding steroid dienone is 3. The number of ether oxygens (including phenoxy) is 2. The largest absolute Gasteiger partial charge is 0.586 e. The Morgan fingerprint density at radius 2 is 2.00 bits per heavy atom. The van der Waals surface area contributed by atoms with Gasteiger partial charge in [-0.3, -0.25) is 0 Å². The molecule has 78 valence electrons. The molecule has 1 heterocycles. The molecule has 0 radical (unpaired) electrons. The molecule has 14 heavy (non-hydrogen) atoms. The van der Waals surface area contributed by atoms with Gasteiger partial charge in [0.05, 0.1) is 0 Å². The van der Waals surface area contributed by atoms with Crippen LogP contribution in [0, 0.1) is 0 Å². The number of hydrogen-bond acceptors (Lipinski definition) is 2. The molecule has 0 N–H and O–H groups in total. The standard InChI is InChI=1S/C10H12F2O2/c1-4-7(3)6-9-8(5-2)13-10(11,12)14-9/h5-6H,2,4H2,1,3H3/b7-6+. The van der Waals surface area contributed by atoms with Gasteiger partial charge in [-0.25, -0.2) is 0 Å². The van der Waals surface area contributed by atoms with E-state index in [0.29, 0.717) is 0 Å². The van der Waals surface area contributed by atoms with Gasteiger partial charge in [-0.05, 0) is 25.5 Å². The minimum atomic E-state index is -3.57. The topological polar surface area (TPSA) is 18.5 Å². The fourth-order valence-electron chi connectivity index (χ4n) is 0.946. The van der Waals surface area contributed by atoms with Gasteiger partial charge in [0.2, 0.25) is 0 Å². The molecule has 0 spiro atoms. The van der Waals surface area contributed by atoms with Crippen LogP contribution in [0.5, 0.6) is 0 Å². The third kappa shape index (κ3) is 2.34. The minimum absolute atomic E-state index is 0.0252. The summed E-state index contributed by atoms with van der Waals surface area (Å²) in [5.41, 5.74) is 0.931. The Labute approximate surface area is 81.5 Å². The second kappa shape index (κ2) is 3.82. The molecule has 0 fully saturated rings. The van der Waals surface area contributed by atoms with Gasteiger partial charge in [0.15, 0.2) is 11.5 Å². The first-order valence-corrected chi connectivity index (χ1v) is 4.28. The summed E-state index contributed by atoms with van der Waals surface area (Å²) in [6, 6.07) is 0. The van der Waals surface area contributed by atoms with Crippen LogP contribution < -0.4 is 0 Å². The lowest BCUT2D eigenvalue weighted by Crippen LogP contribution is -2.16. The molecule has 0 aliphatic carbocycles. The van der Waals surface area contributed by atoms with Crippen molar-refractivity contribution < 1.29 is 18.3 Å². The van der Waals surface area contributed by atoms with Crippen molar-refractivity contribution >= 4 is 0 Å². The van der Waals surface area contributed by atoms with Gasteiger partial charge in [-0.15, -0.1) is 8.78 Å². The highest BCUT2D eigenvalue weighted by Crippen LogP contribution is 2.34. The molecule has 0 unspecified atom stereocenters. The Bertz CT molecular complexity index is 303. The molecule has 0 saturated carbocycles. The summed E-state index contributed by atoms with van der Waals surface area (Å²) in [4.78, 5) is 0. The van der Waals surface area contributed by atoms with Gasteiger partial charge in [-0.2, -0.15) is 0 Å². The molecule has 4 heteroatoms. The van der Waals surface area contributed by atoms with E-state index in [4.69, 9.17) is 0 Å². The molecule has 0 amide bonds. The molecule has 2 nitrogen and oxygen atoms in total. The third-order valence-corrected chi connectivity index (χ3v) is 1.82. The summed E-state index contributed by atoms with van der Waals surface area (Å²) in [5, 5.41) is 0. The zero-order valence-electron chi connectivity index (χ0n) is 8.14. The maximum absolute atomic E-state index is 12.6. The first-order valence-electron chi connectivity index (χ1n) is 4.28. The Morgan fingerprint density at radius 3 is 2.50 bits per heavy atom. The minimum Gasteiger partial charge on any atom is -0.395 e. The van der Waals surface area contributed by atoms with Crippen LogP contribution in [-0.2, 0) is 9.47 Å². The van der Waals surface area contributed by atoms with Crippen molar-refractivity contribution in [2.45, 2.75) is 26.6 Å². The smallest absolute Gasteiger partial charge is 0.395 e. The molecular weight excluding hydrogens is 190 g/mol. The van der Waals surface area contributed by atoms with E-state index in [1.807, 2.05) is 13.8 Å². The molecular formula is C10H12F2O2. The Balaban J connectivity index is 2.91. The summed E-state index contributed by atoms with van der Waals surface area (Å²) < 4.78 is 33.8. The van der Waals surface area contributed by atoms with Gasteiger partial charge in [0.1, 0.15) is 0 Å². The summed E-state index contributed by atoms with van der Waals surface area (Å²) in [6.07, 6.45) is -0.0696. The average molecular weight is 202 g/mol. The van der Waals surface area contributed by atoms with Crippen molar-refractivity contribution in [3.63, 3.8) is 0 Å². The van der Waals surface area contributed by atoms with E-state index >= 15 is 0 Å². The van der Waals surface area contributed by atoms with Crippen molar-refractivity contribution in [2.75, 3.05) is 0 Å². The van der Waals surface area contributed by atoms with Gasteiger partial charge in [-0.1, -0.05) is 19.1 Å². The van der Waals surface area contributed by atoms with Crippen molar-refractivity contribution in [3.05, 3.63) is 35.8 Å². The summed E-state index contributed by atoms with van der Waals surface area (Å²) in [7, 11) is 0. The highest BCUT2D eigenvalue weighted by molar-refractivity contribution is 5.28. The van der Waals surface area contributed by atoms with E-state index < -0.39 is 6.29 Å². The fourth-order valence-corrected chi connectivity index (χ4v) is 0.946. The van der Waals surface area contributed by atoms with Crippen LogP contribution in [0.4, 0.5) is 8.78 Å². The predicted molar refractivity (Wildman–Crippen MR) is 48.4 cm³/mol. The molecule has 1 aliphatic rings. The van der Waals surface area contributed by atoms with Crippen molar-refractivity contribution in [2.24, 2.45) is 0 Å². The number of alkyl halides is 2. The zero-order valence-corrected chi connectivity index (χ0v) is 8.14. The van der Waals surface area contributed by atoms with E-state index in [-0.39, 0.29) is 11.5 Å². The van der Waals surface area contributed by atoms with E-state index in [0.717, 1.165) is 12.0 Å². The Morgan fingerprint density at radius 1 is 1.43 bits per heavy atom. The Kier molecular flexibility index (Phi) is 2.93. The SMILES string of the molecule is C=CC1=C(/C=C(\C)CC)OC(F)(F)O1. The predicted octanol–water partition coefficient (Wildman–Crippen LogP) is 3.34. The lowest BCUT2D eigenvalue weighted by Gasteiger charge is -2.06. The maximum atomic E-state index is 12.6. The molecule has 0 aromatic rings. The average Bonchev–Trinajstić information content (AvgIpc) is 2.40. The Hall–Kier alpha value is -1.32. The van der Waals surface area contributed by atoms with Crippen LogP contribution in [0.1, 0.15) is 20.3 Å². The van der Waals surface area contributed by atoms with Crippen molar-refractivity contribution in [1.82, 2.24) is 0 Å². The first kappa shape index (κ1) is 10.8. The highest BCUT2D eigenvalue weighted by Gasteiger charge is 2.43. The summed E-state index contributed by atoms with van der Waals surface area (Å²) in [6.45, 7) is 7.12. The fraction of sp³-hybridized carbons (Fsp3) is 0.400. The molecule has 0 saturated heterocycles. The monoisotopic (exact) mass is 202 g/mol. The molecule has 0 aromatic carbocycles. The molecule has 0 bridgehead atoms. The van der Waals surface area contributed by atoms with Gasteiger partial charge < -0.3 is 9.47 Å². The van der Waals surface area contributed by atoms with E-state index in [1.165, 1.54) is 12.2 Å². The molecule has 0 aromatic heterocycles. The van der Waals surface area contributed by atoms with E-state index in [2.05, 4.69) is 16.1 Å². The van der Waals surface area contributed by atoms with Crippen LogP contribution in [0.15, 0.2) is 35.8 Å². The molecule has 1 rings (SSSR count). The zero-order chi connectivity index (χ0) is 10.8. The van der Waals surface area contributed by atoms with Gasteiger partial charge in [0.25, 0.3) is 0 Å². The summed E-state index contributed by atoms with van der Waals surface area (Å²) in [5.74, 6) is 0.00662. The van der Waals surface area contributed by atoms with Crippen LogP contribution in [0.2, 0.25) is 0 Å². The number of hydrogen-bond donors (Lipinski definition) is 0. The maximum Gasteiger partial charge on any atom is 0.586 e. The lowest BCUT2D eigenvalue weighted by molar-refractivity contribution is -0.335. The quantitative estimate of drug-likeness (QED) is 0.698. The van der Waals surface area contributed by atoms with Gasteiger partial charge >= 0.3 is 6.29 Å². The van der Waals surface area contributed by atoms with Crippen LogP contribution in [0.3, 0.4) is 0 Å². The third-order valence-electron chi connectivity index (χ3n) is 1.82. The van der Waals surface area contributed by atoms with E-state index in [1.54, 1.807) is 0 Å². The highest BCUT2D eigenvalue weighted by atomic mass is 19.3. The lowest BCUT2D eigenvalue weighted by atomic mass is 10.2. The first-order chi connectivity index (χ1) is 6.48. The van der Waals surface area contributed by atoms with Crippen LogP contribution in [0.25, 0.3) is 0 Å². The number of halogens is 2. The van der Waals surface area contributed by atoms with Crippen molar-refractivity contribution in [3.8, 4) is 0 Å². The van der Waals surface area contributed by atoms with Gasteiger partial charge in [0, 0.05) is 0 Å². The van der Waals surface area contributed by atoms with Crippen molar-refractivity contribution in [1.29, 1.82) is 0 Å². The normalized spacial score (nSPS) is 20.4. The van der Waals surface area contributed by atoms with Crippen LogP contribution >= 0.6 is 0 Å². The summed E-state index contributed by atoms with van der Waals surface area (Å²) >= 11 is 0. The second-order valence-electron chi connectivity index (χ2n) is 2.94.